The number of nitrogens with one attached hydrogen (secondary N) is 3. The Bertz CT molecular complexity index is 989. The zero-order valence-corrected chi connectivity index (χ0v) is 13.7. The van der Waals surface area contributed by atoms with Crippen LogP contribution in [-0.2, 0) is 6.42 Å². The Balaban J connectivity index is 1.90. The molecule has 2 heterocycles. The van der Waals surface area contributed by atoms with Crippen LogP contribution in [0.15, 0.2) is 33.5 Å². The summed E-state index contributed by atoms with van der Waals surface area (Å²) in [6.07, 6.45) is 1.90. The third-order valence-corrected chi connectivity index (χ3v) is 4.73. The molecule has 0 radical (unpaired) electrons. The monoisotopic (exact) mass is 372 g/mol. The minimum Gasteiger partial charge on any atom is -0.343 e. The van der Waals surface area contributed by atoms with Crippen molar-refractivity contribution in [1.29, 1.82) is 0 Å². The summed E-state index contributed by atoms with van der Waals surface area (Å²) in [5.74, 6) is 0.316. The summed E-state index contributed by atoms with van der Waals surface area (Å²) in [5.41, 5.74) is 2.05. The number of nitrogens with zero attached hydrogens (tertiary/aromatic N) is 1. The van der Waals surface area contributed by atoms with E-state index in [1.165, 1.54) is 0 Å². The minimum atomic E-state index is -0.262. The van der Waals surface area contributed by atoms with Gasteiger partial charge in [-0.3, -0.25) is 14.7 Å². The first-order valence-corrected chi connectivity index (χ1v) is 8.12. The van der Waals surface area contributed by atoms with E-state index in [1.807, 2.05) is 24.3 Å². The Kier molecular flexibility index (Phi) is 3.30. The van der Waals surface area contributed by atoms with Crippen LogP contribution in [0.25, 0.3) is 11.0 Å². The topological polar surface area (TPSA) is 90.6 Å². The molecule has 4 rings (SSSR count). The Morgan fingerprint density at radius 3 is 2.83 bits per heavy atom. The summed E-state index contributed by atoms with van der Waals surface area (Å²) in [6.45, 7) is 0. The number of pyridine rings is 1. The van der Waals surface area contributed by atoms with Crippen LogP contribution < -0.4 is 10.7 Å². The minimum absolute atomic E-state index is 0.0950. The number of benzene rings is 1. The fraction of sp³-hybridized carbons (Fsp3) is 0.188. The van der Waals surface area contributed by atoms with E-state index >= 15 is 0 Å². The fourth-order valence-electron chi connectivity index (χ4n) is 2.94. The Hall–Kier alpha value is -2.41. The molecule has 0 spiro atoms. The average Bonchev–Trinajstić information content (AvgIpc) is 2.93. The summed E-state index contributed by atoms with van der Waals surface area (Å²) >= 11 is 3.45. The average molecular weight is 373 g/mol. The number of para-hydroxylation sites is 1. The molecule has 23 heavy (non-hydrogen) atoms. The number of H-pyrrole nitrogens is 2. The Morgan fingerprint density at radius 1 is 1.17 bits per heavy atom. The number of anilines is 2. The lowest BCUT2D eigenvalue weighted by atomic mass is 9.94. The van der Waals surface area contributed by atoms with Crippen LogP contribution in [-0.4, -0.2) is 21.0 Å². The van der Waals surface area contributed by atoms with Crippen LogP contribution >= 0.6 is 15.9 Å². The number of carbonyl (C=O) groups is 1. The lowest BCUT2D eigenvalue weighted by molar-refractivity contribution is 0.0970. The first-order valence-electron chi connectivity index (χ1n) is 7.33. The molecule has 3 aromatic rings. The molecule has 0 fully saturated rings. The summed E-state index contributed by atoms with van der Waals surface area (Å²) in [7, 11) is 0. The van der Waals surface area contributed by atoms with E-state index < -0.39 is 0 Å². The SMILES string of the molecule is O=C1CCCc2[nH]c3[nH]nc(Nc4ccccc4Br)c3c(=O)c21. The largest absolute Gasteiger partial charge is 0.343 e. The molecule has 0 atom stereocenters. The van der Waals surface area contributed by atoms with E-state index in [0.29, 0.717) is 35.4 Å². The molecule has 1 aliphatic rings. The van der Waals surface area contributed by atoms with Crippen LogP contribution in [0.1, 0.15) is 28.9 Å². The van der Waals surface area contributed by atoms with Gasteiger partial charge in [-0.25, -0.2) is 0 Å². The molecule has 6 nitrogen and oxygen atoms in total. The van der Waals surface area contributed by atoms with Crippen LogP contribution in [0, 0.1) is 0 Å². The van der Waals surface area contributed by atoms with Crippen molar-refractivity contribution >= 4 is 44.3 Å². The van der Waals surface area contributed by atoms with E-state index in [0.717, 1.165) is 16.6 Å². The van der Waals surface area contributed by atoms with Gasteiger partial charge in [0.15, 0.2) is 11.6 Å². The molecule has 0 aliphatic heterocycles. The predicted molar refractivity (Wildman–Crippen MR) is 91.4 cm³/mol. The quantitative estimate of drug-likeness (QED) is 0.643. The maximum absolute atomic E-state index is 12.8. The summed E-state index contributed by atoms with van der Waals surface area (Å²) in [5, 5.41) is 10.5. The standard InChI is InChI=1S/C16H13BrN4O2/c17-8-4-1-2-5-9(8)18-15-13-14(23)12-10(6-3-7-11(12)22)19-16(13)21-20-15/h1-2,4-5H,3,6-7H2,(H3,18,19,20,21,23). The molecule has 0 saturated heterocycles. The van der Waals surface area contributed by atoms with Crippen molar-refractivity contribution in [3.63, 3.8) is 0 Å². The summed E-state index contributed by atoms with van der Waals surface area (Å²) in [6, 6.07) is 7.56. The van der Waals surface area contributed by atoms with Crippen molar-refractivity contribution in [3.8, 4) is 0 Å². The summed E-state index contributed by atoms with van der Waals surface area (Å²) < 4.78 is 0.863. The molecule has 0 saturated carbocycles. The van der Waals surface area contributed by atoms with Gasteiger partial charge in [0.25, 0.3) is 0 Å². The number of aromatic nitrogens is 3. The van der Waals surface area contributed by atoms with Crippen molar-refractivity contribution in [3.05, 3.63) is 50.2 Å². The van der Waals surface area contributed by atoms with Gasteiger partial charge in [-0.2, -0.15) is 5.10 Å². The highest BCUT2D eigenvalue weighted by atomic mass is 79.9. The number of aromatic amines is 2. The zero-order chi connectivity index (χ0) is 16.0. The highest BCUT2D eigenvalue weighted by Gasteiger charge is 2.25. The van der Waals surface area contributed by atoms with Gasteiger partial charge in [0.1, 0.15) is 11.0 Å². The van der Waals surface area contributed by atoms with Crippen molar-refractivity contribution in [2.24, 2.45) is 0 Å². The van der Waals surface area contributed by atoms with Gasteiger partial charge in [-0.15, -0.1) is 0 Å². The second kappa shape index (κ2) is 5.34. The molecule has 1 aromatic carbocycles. The molecular weight excluding hydrogens is 360 g/mol. The lowest BCUT2D eigenvalue weighted by Crippen LogP contribution is -2.23. The molecule has 0 bridgehead atoms. The normalized spacial score (nSPS) is 14.0. The maximum atomic E-state index is 12.8. The molecule has 7 heteroatoms. The molecule has 0 amide bonds. The van der Waals surface area contributed by atoms with Gasteiger partial charge in [-0.05, 0) is 40.9 Å². The number of Topliss-reactive ketones (excluding diaryl/α,β-unsaturated/α-hetero) is 1. The lowest BCUT2D eigenvalue weighted by Gasteiger charge is -2.13. The molecule has 0 unspecified atom stereocenters. The number of rotatable bonds is 2. The highest BCUT2D eigenvalue weighted by Crippen LogP contribution is 2.28. The molecule has 1 aliphatic carbocycles. The van der Waals surface area contributed by atoms with E-state index in [9.17, 15) is 9.59 Å². The number of fused-ring (bicyclic) bond motifs is 2. The van der Waals surface area contributed by atoms with Gasteiger partial charge in [0.2, 0.25) is 5.43 Å². The zero-order valence-electron chi connectivity index (χ0n) is 12.1. The molecule has 116 valence electrons. The van der Waals surface area contributed by atoms with Crippen LogP contribution in [0.2, 0.25) is 0 Å². The van der Waals surface area contributed by atoms with Crippen molar-refractivity contribution in [1.82, 2.24) is 15.2 Å². The van der Waals surface area contributed by atoms with E-state index in [-0.39, 0.29) is 16.8 Å². The molecule has 3 N–H and O–H groups in total. The Labute approximate surface area is 139 Å². The van der Waals surface area contributed by atoms with Gasteiger partial charge in [0.05, 0.1) is 11.3 Å². The Morgan fingerprint density at radius 2 is 2.00 bits per heavy atom. The van der Waals surface area contributed by atoms with E-state index in [2.05, 4.69) is 36.4 Å². The van der Waals surface area contributed by atoms with Gasteiger partial charge in [-0.1, -0.05) is 12.1 Å². The van der Waals surface area contributed by atoms with Crippen molar-refractivity contribution in [2.75, 3.05) is 5.32 Å². The number of ketones is 1. The molecule has 2 aromatic heterocycles. The third kappa shape index (κ3) is 2.28. The van der Waals surface area contributed by atoms with Crippen LogP contribution in [0.5, 0.6) is 0 Å². The number of carbonyl (C=O) groups excluding carboxylic acids is 1. The smallest absolute Gasteiger partial charge is 0.205 e. The van der Waals surface area contributed by atoms with Crippen molar-refractivity contribution < 1.29 is 4.79 Å². The second-order valence-corrected chi connectivity index (χ2v) is 6.37. The molecular formula is C16H13BrN4O2. The van der Waals surface area contributed by atoms with Crippen molar-refractivity contribution in [2.45, 2.75) is 19.3 Å². The third-order valence-electron chi connectivity index (χ3n) is 4.03. The maximum Gasteiger partial charge on any atom is 0.205 e. The van der Waals surface area contributed by atoms with Crippen LogP contribution in [0.4, 0.5) is 11.5 Å². The fourth-order valence-corrected chi connectivity index (χ4v) is 3.33. The first kappa shape index (κ1) is 14.2. The van der Waals surface area contributed by atoms with Gasteiger partial charge >= 0.3 is 0 Å². The van der Waals surface area contributed by atoms with Crippen LogP contribution in [0.3, 0.4) is 0 Å². The van der Waals surface area contributed by atoms with E-state index in [4.69, 9.17) is 0 Å². The van der Waals surface area contributed by atoms with Gasteiger partial charge in [0, 0.05) is 16.6 Å². The second-order valence-electron chi connectivity index (χ2n) is 5.51. The number of halogens is 1. The first-order chi connectivity index (χ1) is 11.1. The van der Waals surface area contributed by atoms with Gasteiger partial charge < -0.3 is 10.3 Å². The highest BCUT2D eigenvalue weighted by molar-refractivity contribution is 9.10. The number of hydrogen-bond donors (Lipinski definition) is 3. The number of aryl methyl sites for hydroxylation is 1. The number of hydrogen-bond acceptors (Lipinski definition) is 4. The van der Waals surface area contributed by atoms with E-state index in [1.54, 1.807) is 0 Å². The predicted octanol–water partition coefficient (Wildman–Crippen LogP) is 3.28. The summed E-state index contributed by atoms with van der Waals surface area (Å²) in [4.78, 5) is 28.1.